The fourth-order valence-electron chi connectivity index (χ4n) is 3.00. The van der Waals surface area contributed by atoms with Crippen LogP contribution in [0.4, 0.5) is 10.5 Å². The molecule has 0 spiro atoms. The van der Waals surface area contributed by atoms with Crippen molar-refractivity contribution in [2.45, 2.75) is 26.8 Å². The summed E-state index contributed by atoms with van der Waals surface area (Å²) in [5.74, 6) is 0.529. The molecular weight excluding hydrogens is 358 g/mol. The van der Waals surface area contributed by atoms with Crippen LogP contribution in [-0.2, 0) is 0 Å². The van der Waals surface area contributed by atoms with Gasteiger partial charge in [0.05, 0.1) is 23.6 Å². The SMILES string of the molecule is Cc1nc2ccc(NC(=O)NC(c3cccnc3)C(C)(C)CO)cc2c(=O)[nH]1. The number of benzene rings is 1. The molecule has 28 heavy (non-hydrogen) atoms. The monoisotopic (exact) mass is 381 g/mol. The summed E-state index contributed by atoms with van der Waals surface area (Å²) in [7, 11) is 0. The van der Waals surface area contributed by atoms with Crippen LogP contribution < -0.4 is 16.2 Å². The molecule has 2 amide bonds. The molecule has 0 radical (unpaired) electrons. The van der Waals surface area contributed by atoms with Gasteiger partial charge in [0.25, 0.3) is 5.56 Å². The van der Waals surface area contributed by atoms with Crippen LogP contribution in [0.2, 0.25) is 0 Å². The molecule has 1 unspecified atom stereocenters. The molecule has 2 aromatic heterocycles. The van der Waals surface area contributed by atoms with Crippen molar-refractivity contribution in [1.29, 1.82) is 0 Å². The number of amides is 2. The van der Waals surface area contributed by atoms with E-state index in [2.05, 4.69) is 25.6 Å². The van der Waals surface area contributed by atoms with E-state index in [-0.39, 0.29) is 12.2 Å². The van der Waals surface area contributed by atoms with Gasteiger partial charge in [0, 0.05) is 23.5 Å². The second-order valence-corrected chi connectivity index (χ2v) is 7.35. The Bertz CT molecular complexity index is 1050. The van der Waals surface area contributed by atoms with E-state index in [1.165, 1.54) is 0 Å². The van der Waals surface area contributed by atoms with Gasteiger partial charge in [-0.25, -0.2) is 9.78 Å². The quantitative estimate of drug-likeness (QED) is 0.541. The third kappa shape index (κ3) is 4.17. The number of H-pyrrole nitrogens is 1. The van der Waals surface area contributed by atoms with Crippen LogP contribution in [0.25, 0.3) is 10.9 Å². The number of aryl methyl sites for hydroxylation is 1. The number of hydrogen-bond donors (Lipinski definition) is 4. The summed E-state index contributed by atoms with van der Waals surface area (Å²) in [5, 5.41) is 15.8. The molecule has 0 aliphatic carbocycles. The number of aliphatic hydroxyl groups excluding tert-OH is 1. The zero-order valence-corrected chi connectivity index (χ0v) is 16.0. The number of carbonyl (C=O) groups is 1. The summed E-state index contributed by atoms with van der Waals surface area (Å²) < 4.78 is 0. The highest BCUT2D eigenvalue weighted by atomic mass is 16.3. The van der Waals surface area contributed by atoms with Crippen LogP contribution in [0.1, 0.15) is 31.3 Å². The largest absolute Gasteiger partial charge is 0.396 e. The van der Waals surface area contributed by atoms with E-state index in [1.807, 2.05) is 19.9 Å². The van der Waals surface area contributed by atoms with Crippen LogP contribution in [0, 0.1) is 12.3 Å². The fraction of sp³-hybridized carbons (Fsp3) is 0.300. The number of pyridine rings is 1. The first-order valence-corrected chi connectivity index (χ1v) is 8.89. The van der Waals surface area contributed by atoms with E-state index in [0.29, 0.717) is 22.4 Å². The molecule has 8 nitrogen and oxygen atoms in total. The molecule has 2 heterocycles. The Morgan fingerprint density at radius 1 is 1.32 bits per heavy atom. The van der Waals surface area contributed by atoms with Gasteiger partial charge in [0.15, 0.2) is 0 Å². The van der Waals surface area contributed by atoms with Gasteiger partial charge in [-0.05, 0) is 36.8 Å². The Balaban J connectivity index is 1.83. The molecule has 0 bridgehead atoms. The third-order valence-electron chi connectivity index (χ3n) is 4.56. The highest BCUT2D eigenvalue weighted by molar-refractivity contribution is 5.92. The van der Waals surface area contributed by atoms with Gasteiger partial charge in [-0.15, -0.1) is 0 Å². The molecule has 1 aromatic carbocycles. The van der Waals surface area contributed by atoms with Crippen LogP contribution in [0.15, 0.2) is 47.5 Å². The maximum Gasteiger partial charge on any atom is 0.319 e. The number of carbonyl (C=O) groups excluding carboxylic acids is 1. The molecule has 0 aliphatic heterocycles. The van der Waals surface area contributed by atoms with E-state index >= 15 is 0 Å². The number of anilines is 1. The van der Waals surface area contributed by atoms with E-state index < -0.39 is 17.5 Å². The van der Waals surface area contributed by atoms with Gasteiger partial charge < -0.3 is 20.7 Å². The minimum Gasteiger partial charge on any atom is -0.396 e. The van der Waals surface area contributed by atoms with E-state index in [4.69, 9.17) is 0 Å². The predicted molar refractivity (Wildman–Crippen MR) is 107 cm³/mol. The number of urea groups is 1. The standard InChI is InChI=1S/C20H23N5O3/c1-12-22-16-7-6-14(9-15(16)18(27)23-12)24-19(28)25-17(20(2,3)11-26)13-5-4-8-21-10-13/h4-10,17,26H,11H2,1-3H3,(H,22,23,27)(H2,24,25,28). The Morgan fingerprint density at radius 3 is 2.79 bits per heavy atom. The molecule has 3 aromatic rings. The fourth-order valence-corrected chi connectivity index (χ4v) is 3.00. The van der Waals surface area contributed by atoms with Crippen molar-refractivity contribution < 1.29 is 9.90 Å². The Kier molecular flexibility index (Phi) is 5.41. The number of hydrogen-bond acceptors (Lipinski definition) is 5. The van der Waals surface area contributed by atoms with E-state index in [9.17, 15) is 14.7 Å². The van der Waals surface area contributed by atoms with Crippen LogP contribution in [-0.4, -0.2) is 32.7 Å². The Labute approximate surface area is 162 Å². The van der Waals surface area contributed by atoms with Gasteiger partial charge >= 0.3 is 6.03 Å². The number of nitrogens with one attached hydrogen (secondary N) is 3. The highest BCUT2D eigenvalue weighted by Gasteiger charge is 2.32. The van der Waals surface area contributed by atoms with E-state index in [1.54, 1.807) is 43.6 Å². The summed E-state index contributed by atoms with van der Waals surface area (Å²) in [4.78, 5) is 35.7. The number of rotatable bonds is 5. The molecule has 0 fully saturated rings. The van der Waals surface area contributed by atoms with Crippen LogP contribution in [0.5, 0.6) is 0 Å². The van der Waals surface area contributed by atoms with Gasteiger partial charge in [0.2, 0.25) is 0 Å². The van der Waals surface area contributed by atoms with Crippen molar-refractivity contribution in [3.05, 3.63) is 64.5 Å². The molecule has 146 valence electrons. The van der Waals surface area contributed by atoms with Gasteiger partial charge in [-0.2, -0.15) is 0 Å². The lowest BCUT2D eigenvalue weighted by molar-refractivity contribution is 0.119. The number of fused-ring (bicyclic) bond motifs is 1. The molecule has 0 aliphatic rings. The Morgan fingerprint density at radius 2 is 2.11 bits per heavy atom. The summed E-state index contributed by atoms with van der Waals surface area (Å²) in [6.45, 7) is 5.30. The van der Waals surface area contributed by atoms with Gasteiger partial charge in [0.1, 0.15) is 5.82 Å². The number of aliphatic hydroxyl groups is 1. The summed E-state index contributed by atoms with van der Waals surface area (Å²) in [6, 6.07) is 7.66. The van der Waals surface area contributed by atoms with Crippen molar-refractivity contribution in [3.8, 4) is 0 Å². The molecule has 8 heteroatoms. The highest BCUT2D eigenvalue weighted by Crippen LogP contribution is 2.32. The zero-order chi connectivity index (χ0) is 20.3. The average molecular weight is 381 g/mol. The lowest BCUT2D eigenvalue weighted by atomic mass is 9.81. The van der Waals surface area contributed by atoms with Gasteiger partial charge in [-0.1, -0.05) is 19.9 Å². The summed E-state index contributed by atoms with van der Waals surface area (Å²) in [5.41, 5.74) is 0.935. The molecular formula is C20H23N5O3. The lowest BCUT2D eigenvalue weighted by Gasteiger charge is -2.33. The topological polar surface area (TPSA) is 120 Å². The number of nitrogens with zero attached hydrogens (tertiary/aromatic N) is 2. The number of aromatic nitrogens is 3. The maximum atomic E-state index is 12.6. The molecule has 0 saturated carbocycles. The third-order valence-corrected chi connectivity index (χ3v) is 4.56. The normalized spacial score (nSPS) is 12.6. The minimum absolute atomic E-state index is 0.122. The second-order valence-electron chi connectivity index (χ2n) is 7.35. The molecule has 3 rings (SSSR count). The first-order chi connectivity index (χ1) is 13.3. The Hall–Kier alpha value is -3.26. The van der Waals surface area contributed by atoms with Crippen molar-refractivity contribution in [3.63, 3.8) is 0 Å². The van der Waals surface area contributed by atoms with Crippen molar-refractivity contribution >= 4 is 22.6 Å². The summed E-state index contributed by atoms with van der Waals surface area (Å²) >= 11 is 0. The predicted octanol–water partition coefficient (Wildman–Crippen LogP) is 2.51. The molecule has 0 saturated heterocycles. The maximum absolute atomic E-state index is 12.6. The number of aromatic amines is 1. The molecule has 1 atom stereocenters. The lowest BCUT2D eigenvalue weighted by Crippen LogP contribution is -2.42. The van der Waals surface area contributed by atoms with Crippen molar-refractivity contribution in [1.82, 2.24) is 20.3 Å². The molecule has 4 N–H and O–H groups in total. The van der Waals surface area contributed by atoms with E-state index in [0.717, 1.165) is 5.56 Å². The van der Waals surface area contributed by atoms with Crippen LogP contribution >= 0.6 is 0 Å². The second kappa shape index (κ2) is 7.77. The first kappa shape index (κ1) is 19.5. The minimum atomic E-state index is -0.609. The summed E-state index contributed by atoms with van der Waals surface area (Å²) in [6.07, 6.45) is 3.31. The average Bonchev–Trinajstić information content (AvgIpc) is 2.67. The van der Waals surface area contributed by atoms with Gasteiger partial charge in [-0.3, -0.25) is 9.78 Å². The van der Waals surface area contributed by atoms with Crippen LogP contribution in [0.3, 0.4) is 0 Å². The first-order valence-electron chi connectivity index (χ1n) is 8.89. The smallest absolute Gasteiger partial charge is 0.319 e. The van der Waals surface area contributed by atoms with Crippen molar-refractivity contribution in [2.24, 2.45) is 5.41 Å². The van der Waals surface area contributed by atoms with Crippen molar-refractivity contribution in [2.75, 3.05) is 11.9 Å². The zero-order valence-electron chi connectivity index (χ0n) is 16.0.